The van der Waals surface area contributed by atoms with Crippen LogP contribution in [0, 0.1) is 5.41 Å². The van der Waals surface area contributed by atoms with Gasteiger partial charge in [-0.25, -0.2) is 4.79 Å². The van der Waals surface area contributed by atoms with Crippen molar-refractivity contribution in [1.29, 1.82) is 0 Å². The van der Waals surface area contributed by atoms with Crippen LogP contribution in [-0.4, -0.2) is 65.6 Å². The largest absolute Gasteiger partial charge is 0.494 e. The molecule has 184 valence electrons. The summed E-state index contributed by atoms with van der Waals surface area (Å²) in [5.41, 5.74) is 0.840. The van der Waals surface area contributed by atoms with Crippen molar-refractivity contribution in [3.8, 4) is 0 Å². The van der Waals surface area contributed by atoms with Gasteiger partial charge in [0, 0.05) is 6.54 Å². The summed E-state index contributed by atoms with van der Waals surface area (Å²) in [5.74, 6) is 0. The summed E-state index contributed by atoms with van der Waals surface area (Å²) in [6.07, 6.45) is 0.492. The number of carbonyl (C=O) groups excluding carboxylic acids is 1. The zero-order valence-corrected chi connectivity index (χ0v) is 22.5. The quantitative estimate of drug-likeness (QED) is 0.627. The smallest absolute Gasteiger partial charge is 0.444 e. The number of rotatable bonds is 3. The highest BCUT2D eigenvalue weighted by molar-refractivity contribution is 6.62. The number of amides is 1. The van der Waals surface area contributed by atoms with Crippen molar-refractivity contribution in [3.63, 3.8) is 0 Å². The number of hydrogen-bond donors (Lipinski definition) is 0. The molecular weight excluding hydrogens is 415 g/mol. The zero-order valence-electron chi connectivity index (χ0n) is 22.5. The van der Waals surface area contributed by atoms with Crippen LogP contribution in [0.5, 0.6) is 0 Å². The molecule has 2 aliphatic heterocycles. The molecule has 0 unspecified atom stereocenters. The highest BCUT2D eigenvalue weighted by atomic mass is 16.7. The molecule has 2 atom stereocenters. The Balaban J connectivity index is 1.79. The second kappa shape index (κ2) is 8.58. The third-order valence-electron chi connectivity index (χ3n) is 6.93. The van der Waals surface area contributed by atoms with E-state index in [1.807, 2.05) is 25.7 Å². The molecule has 0 saturated carbocycles. The number of nitrogens with zero attached hydrogens (tertiary/aromatic N) is 2. The van der Waals surface area contributed by atoms with Gasteiger partial charge in [-0.3, -0.25) is 9.80 Å². The molecule has 33 heavy (non-hydrogen) atoms. The first-order valence-corrected chi connectivity index (χ1v) is 12.1. The molecule has 1 aromatic rings. The van der Waals surface area contributed by atoms with Gasteiger partial charge >= 0.3 is 13.2 Å². The molecule has 7 heteroatoms. The van der Waals surface area contributed by atoms with Gasteiger partial charge in [-0.2, -0.15) is 0 Å². The van der Waals surface area contributed by atoms with Gasteiger partial charge in [-0.1, -0.05) is 45.0 Å². The van der Waals surface area contributed by atoms with Gasteiger partial charge < -0.3 is 14.0 Å². The van der Waals surface area contributed by atoms with Gasteiger partial charge in [0.2, 0.25) is 0 Å². The van der Waals surface area contributed by atoms with Crippen LogP contribution in [0.25, 0.3) is 0 Å². The summed E-state index contributed by atoms with van der Waals surface area (Å²) in [6, 6.07) is 8.44. The minimum absolute atomic E-state index is 0.0265. The van der Waals surface area contributed by atoms with Crippen LogP contribution in [0.3, 0.4) is 0 Å². The second-order valence-corrected chi connectivity index (χ2v) is 12.8. The Hall–Kier alpha value is -1.57. The summed E-state index contributed by atoms with van der Waals surface area (Å²) in [7, 11) is 1.72. The predicted molar refractivity (Wildman–Crippen MR) is 134 cm³/mol. The van der Waals surface area contributed by atoms with E-state index >= 15 is 0 Å². The molecule has 3 rings (SSSR count). The molecule has 0 N–H and O–H groups in total. The fraction of sp³-hybridized carbons (Fsp3) is 0.731. The number of benzene rings is 1. The molecule has 0 spiro atoms. The zero-order chi connectivity index (χ0) is 25.0. The van der Waals surface area contributed by atoms with E-state index in [1.165, 1.54) is 5.56 Å². The fourth-order valence-electron chi connectivity index (χ4n) is 4.80. The highest BCUT2D eigenvalue weighted by Crippen LogP contribution is 2.37. The maximum absolute atomic E-state index is 13.3. The molecule has 2 aliphatic rings. The van der Waals surface area contributed by atoms with Gasteiger partial charge in [0.25, 0.3) is 0 Å². The summed E-state index contributed by atoms with van der Waals surface area (Å²) < 4.78 is 18.2. The molecule has 2 fully saturated rings. The molecule has 1 amide bonds. The van der Waals surface area contributed by atoms with E-state index in [-0.39, 0.29) is 42.0 Å². The fourth-order valence-corrected chi connectivity index (χ4v) is 4.80. The van der Waals surface area contributed by atoms with Gasteiger partial charge in [0.15, 0.2) is 0 Å². The molecular formula is C26H43BN2O4. The lowest BCUT2D eigenvalue weighted by Gasteiger charge is -2.40. The third kappa shape index (κ3) is 5.58. The maximum Gasteiger partial charge on any atom is 0.494 e. The number of carbonyl (C=O) groups is 1. The van der Waals surface area contributed by atoms with E-state index in [0.717, 1.165) is 18.4 Å². The Morgan fingerprint density at radius 3 is 2.00 bits per heavy atom. The maximum atomic E-state index is 13.3. The highest BCUT2D eigenvalue weighted by Gasteiger charge is 2.52. The Morgan fingerprint density at radius 1 is 1.03 bits per heavy atom. The average molecular weight is 458 g/mol. The van der Waals surface area contributed by atoms with Crippen molar-refractivity contribution in [2.75, 3.05) is 13.6 Å². The molecule has 2 heterocycles. The van der Waals surface area contributed by atoms with Crippen molar-refractivity contribution in [3.05, 3.63) is 29.8 Å². The van der Waals surface area contributed by atoms with Gasteiger partial charge in [0.05, 0.1) is 23.4 Å². The Kier molecular flexibility index (Phi) is 6.77. The molecule has 0 aliphatic carbocycles. The van der Waals surface area contributed by atoms with Crippen molar-refractivity contribution in [2.45, 2.75) is 105 Å². The van der Waals surface area contributed by atoms with E-state index in [2.05, 4.69) is 84.7 Å². The molecule has 0 bridgehead atoms. The Morgan fingerprint density at radius 2 is 1.55 bits per heavy atom. The average Bonchev–Trinajstić information content (AvgIpc) is 3.06. The summed E-state index contributed by atoms with van der Waals surface area (Å²) in [5, 5.41) is 0. The summed E-state index contributed by atoms with van der Waals surface area (Å²) in [6.45, 7) is 21.3. The van der Waals surface area contributed by atoms with Crippen LogP contribution >= 0.6 is 0 Å². The lowest BCUT2D eigenvalue weighted by Crippen LogP contribution is -2.52. The topological polar surface area (TPSA) is 51.2 Å². The number of likely N-dealkylation sites (N-methyl/N-ethyl adjacent to an activating group) is 1. The van der Waals surface area contributed by atoms with Crippen LogP contribution in [0.2, 0.25) is 0 Å². The van der Waals surface area contributed by atoms with Gasteiger partial charge in [-0.15, -0.1) is 0 Å². The van der Waals surface area contributed by atoms with E-state index in [1.54, 1.807) is 0 Å². The van der Waals surface area contributed by atoms with Crippen molar-refractivity contribution in [1.82, 2.24) is 9.80 Å². The SMILES string of the molecule is CN1C[C@H](Cc2ccc(B3OC(C)(C)C(C)(C)O3)cc2)N(C(=O)OC(C)(C)C)[C@H]1C(C)(C)C. The molecule has 2 saturated heterocycles. The second-order valence-electron chi connectivity index (χ2n) is 12.8. The summed E-state index contributed by atoms with van der Waals surface area (Å²) in [4.78, 5) is 17.5. The number of hydrogen-bond acceptors (Lipinski definition) is 5. The minimum atomic E-state index is -0.532. The normalized spacial score (nSPS) is 25.5. The molecule has 6 nitrogen and oxygen atoms in total. The van der Waals surface area contributed by atoms with Crippen molar-refractivity contribution >= 4 is 18.7 Å². The van der Waals surface area contributed by atoms with Crippen LogP contribution < -0.4 is 5.46 Å². The van der Waals surface area contributed by atoms with E-state index in [0.29, 0.717) is 0 Å². The molecule has 0 radical (unpaired) electrons. The van der Waals surface area contributed by atoms with Gasteiger partial charge in [-0.05, 0) is 78.4 Å². The van der Waals surface area contributed by atoms with E-state index < -0.39 is 5.60 Å². The van der Waals surface area contributed by atoms with Gasteiger partial charge in [0.1, 0.15) is 5.60 Å². The first-order valence-electron chi connectivity index (χ1n) is 12.1. The third-order valence-corrected chi connectivity index (χ3v) is 6.93. The standard InChI is InChI=1S/C26H43BN2O4/c1-23(2,3)21-28(11)17-20(29(21)22(30)31-24(4,5)6)16-18-12-14-19(15-13-18)27-32-25(7,8)26(9,10)33-27/h12-15,20-21H,16-17H2,1-11H3/t20-,21-/m0/s1. The lowest BCUT2D eigenvalue weighted by atomic mass is 9.78. The first kappa shape index (κ1) is 26.0. The van der Waals surface area contributed by atoms with Crippen molar-refractivity contribution < 1.29 is 18.8 Å². The Labute approximate surface area is 201 Å². The van der Waals surface area contributed by atoms with Crippen LogP contribution in [0.15, 0.2) is 24.3 Å². The molecule has 0 aromatic heterocycles. The lowest BCUT2D eigenvalue weighted by molar-refractivity contribution is -0.0131. The minimum Gasteiger partial charge on any atom is -0.444 e. The van der Waals surface area contributed by atoms with E-state index in [9.17, 15) is 4.79 Å². The monoisotopic (exact) mass is 458 g/mol. The predicted octanol–water partition coefficient (Wildman–Crippen LogP) is 4.45. The Bertz CT molecular complexity index is 839. The van der Waals surface area contributed by atoms with Crippen LogP contribution in [-0.2, 0) is 20.5 Å². The molecule has 1 aromatic carbocycles. The van der Waals surface area contributed by atoms with Crippen LogP contribution in [0.1, 0.15) is 74.8 Å². The van der Waals surface area contributed by atoms with Crippen molar-refractivity contribution in [2.24, 2.45) is 5.41 Å². The van der Waals surface area contributed by atoms with E-state index in [4.69, 9.17) is 14.0 Å². The number of ether oxygens (including phenoxy) is 1. The summed E-state index contributed by atoms with van der Waals surface area (Å²) >= 11 is 0. The van der Waals surface area contributed by atoms with Crippen LogP contribution in [0.4, 0.5) is 4.79 Å². The first-order chi connectivity index (χ1) is 14.9.